The summed E-state index contributed by atoms with van der Waals surface area (Å²) in [5, 5.41) is 19.1. The molecule has 1 aromatic carbocycles. The number of phenolic OH excluding ortho intramolecular Hbond substituents is 1. The first kappa shape index (κ1) is 9.86. The molecule has 15 heavy (non-hydrogen) atoms. The molecule has 2 N–H and O–H groups in total. The normalized spacial score (nSPS) is 10.7. The minimum atomic E-state index is -1.01. The van der Waals surface area contributed by atoms with Gasteiger partial charge in [-0.05, 0) is 11.6 Å². The molecule has 1 heterocycles. The van der Waals surface area contributed by atoms with Crippen molar-refractivity contribution in [1.82, 2.24) is 0 Å². The number of hydrogen-bond donors (Lipinski definition) is 2. The fourth-order valence-corrected chi connectivity index (χ4v) is 1.60. The topological polar surface area (TPSA) is 70.7 Å². The molecule has 0 amide bonds. The van der Waals surface area contributed by atoms with E-state index in [1.807, 2.05) is 0 Å². The van der Waals surface area contributed by atoms with Gasteiger partial charge in [0, 0.05) is 17.0 Å². The van der Waals surface area contributed by atoms with Crippen molar-refractivity contribution in [2.75, 3.05) is 0 Å². The lowest BCUT2D eigenvalue weighted by molar-refractivity contribution is -0.136. The van der Waals surface area contributed by atoms with E-state index in [4.69, 9.17) is 21.1 Å². The number of carbonyl (C=O) groups is 1. The Labute approximate surface area is 89.7 Å². The Balaban J connectivity index is 2.58. The van der Waals surface area contributed by atoms with Crippen molar-refractivity contribution < 1.29 is 19.4 Å². The van der Waals surface area contributed by atoms with E-state index in [0.717, 1.165) is 0 Å². The van der Waals surface area contributed by atoms with Gasteiger partial charge < -0.3 is 14.6 Å². The molecule has 78 valence electrons. The largest absolute Gasteiger partial charge is 0.504 e. The molecule has 0 bridgehead atoms. The first-order valence-corrected chi connectivity index (χ1v) is 4.57. The molecule has 0 radical (unpaired) electrons. The number of carboxylic acid groups (broad SMARTS) is 1. The second-order valence-electron chi connectivity index (χ2n) is 3.11. The highest BCUT2D eigenvalue weighted by atomic mass is 35.5. The lowest BCUT2D eigenvalue weighted by atomic mass is 10.1. The Hall–Kier alpha value is -1.68. The van der Waals surface area contributed by atoms with Gasteiger partial charge in [0.2, 0.25) is 0 Å². The maximum Gasteiger partial charge on any atom is 0.307 e. The number of hydrogen-bond acceptors (Lipinski definition) is 3. The molecule has 2 aromatic rings. The predicted octanol–water partition coefficient (Wildman–Crippen LogP) is 2.42. The molecule has 0 aliphatic rings. The van der Waals surface area contributed by atoms with Crippen LogP contribution in [0.1, 0.15) is 5.56 Å². The van der Waals surface area contributed by atoms with Crippen molar-refractivity contribution in [3.05, 3.63) is 29.0 Å². The number of phenols is 1. The van der Waals surface area contributed by atoms with Crippen LogP contribution in [0.15, 0.2) is 22.6 Å². The third-order valence-corrected chi connectivity index (χ3v) is 2.24. The van der Waals surface area contributed by atoms with E-state index in [0.29, 0.717) is 10.9 Å². The van der Waals surface area contributed by atoms with Crippen LogP contribution >= 0.6 is 11.6 Å². The molecule has 0 spiro atoms. The average Bonchev–Trinajstić information content (AvgIpc) is 2.51. The van der Waals surface area contributed by atoms with E-state index in [9.17, 15) is 9.90 Å². The molecule has 0 aliphatic heterocycles. The molecule has 0 saturated heterocycles. The number of carboxylic acids is 1. The number of halogens is 1. The lowest BCUT2D eigenvalue weighted by Gasteiger charge is -2.01. The quantitative estimate of drug-likeness (QED) is 0.825. The van der Waals surface area contributed by atoms with Crippen LogP contribution in [-0.4, -0.2) is 16.2 Å². The molecule has 4 nitrogen and oxygen atoms in total. The third kappa shape index (κ3) is 1.76. The zero-order valence-corrected chi connectivity index (χ0v) is 8.28. The fraction of sp³-hybridized carbons (Fsp3) is 0.100. The number of fused-ring (bicyclic) bond motifs is 1. The highest BCUT2D eigenvalue weighted by Gasteiger charge is 2.13. The maximum atomic E-state index is 10.5. The summed E-state index contributed by atoms with van der Waals surface area (Å²) in [6.45, 7) is 0. The average molecular weight is 227 g/mol. The van der Waals surface area contributed by atoms with Crippen LogP contribution in [-0.2, 0) is 11.2 Å². The smallest absolute Gasteiger partial charge is 0.307 e. The van der Waals surface area contributed by atoms with Crippen LogP contribution in [0.5, 0.6) is 5.75 Å². The second kappa shape index (κ2) is 3.47. The Morgan fingerprint density at radius 3 is 2.87 bits per heavy atom. The summed E-state index contributed by atoms with van der Waals surface area (Å²) >= 11 is 5.62. The summed E-state index contributed by atoms with van der Waals surface area (Å²) in [6.07, 6.45) is -0.250. The van der Waals surface area contributed by atoms with Crippen molar-refractivity contribution in [2.24, 2.45) is 0 Å². The first-order chi connectivity index (χ1) is 7.08. The van der Waals surface area contributed by atoms with Gasteiger partial charge in [-0.25, -0.2) is 0 Å². The van der Waals surface area contributed by atoms with E-state index in [1.54, 1.807) is 12.1 Å². The molecular weight excluding hydrogens is 220 g/mol. The van der Waals surface area contributed by atoms with Crippen molar-refractivity contribution in [2.45, 2.75) is 6.42 Å². The summed E-state index contributed by atoms with van der Waals surface area (Å²) in [5.74, 6) is -1.18. The fourth-order valence-electron chi connectivity index (χ4n) is 1.40. The number of benzene rings is 1. The van der Waals surface area contributed by atoms with Crippen LogP contribution < -0.4 is 0 Å². The number of aromatic hydroxyl groups is 1. The number of rotatable bonds is 2. The van der Waals surface area contributed by atoms with E-state index < -0.39 is 5.97 Å². The van der Waals surface area contributed by atoms with Crippen molar-refractivity contribution in [3.8, 4) is 5.75 Å². The Morgan fingerprint density at radius 2 is 2.20 bits per heavy atom. The van der Waals surface area contributed by atoms with E-state index in [-0.39, 0.29) is 23.0 Å². The van der Waals surface area contributed by atoms with Gasteiger partial charge in [0.15, 0.2) is 16.6 Å². The summed E-state index contributed by atoms with van der Waals surface area (Å²) in [7, 11) is 0. The Bertz CT molecular complexity index is 529. The predicted molar refractivity (Wildman–Crippen MR) is 54.2 cm³/mol. The van der Waals surface area contributed by atoms with Crippen molar-refractivity contribution >= 4 is 28.5 Å². The van der Waals surface area contributed by atoms with Gasteiger partial charge in [0.25, 0.3) is 0 Å². The number of aliphatic carboxylic acids is 1. The van der Waals surface area contributed by atoms with Gasteiger partial charge in [0.05, 0.1) is 6.42 Å². The van der Waals surface area contributed by atoms with Crippen molar-refractivity contribution in [1.29, 1.82) is 0 Å². The molecule has 2 rings (SSSR count). The maximum absolute atomic E-state index is 10.5. The van der Waals surface area contributed by atoms with Gasteiger partial charge in [-0.2, -0.15) is 0 Å². The van der Waals surface area contributed by atoms with Gasteiger partial charge in [-0.3, -0.25) is 4.79 Å². The molecule has 5 heteroatoms. The monoisotopic (exact) mass is 226 g/mol. The zero-order valence-electron chi connectivity index (χ0n) is 7.53. The molecular formula is C10H7ClO4. The molecule has 0 atom stereocenters. The summed E-state index contributed by atoms with van der Waals surface area (Å²) in [4.78, 5) is 10.5. The van der Waals surface area contributed by atoms with Crippen LogP contribution in [0.4, 0.5) is 0 Å². The summed E-state index contributed by atoms with van der Waals surface area (Å²) in [5.41, 5.74) is 0.528. The van der Waals surface area contributed by atoms with Gasteiger partial charge in [-0.1, -0.05) is 12.1 Å². The Morgan fingerprint density at radius 1 is 1.47 bits per heavy atom. The minimum absolute atomic E-state index is 0.160. The van der Waals surface area contributed by atoms with Crippen LogP contribution in [0.25, 0.3) is 11.0 Å². The van der Waals surface area contributed by atoms with Gasteiger partial charge in [0.1, 0.15) is 0 Å². The highest BCUT2D eigenvalue weighted by molar-refractivity contribution is 6.29. The Kier molecular flexibility index (Phi) is 2.28. The van der Waals surface area contributed by atoms with Crippen LogP contribution in [0, 0.1) is 0 Å². The standard InChI is InChI=1S/C10H7ClO4/c11-7-3-6-2-1-5(4-8(12)13)9(14)10(6)15-7/h1-3,14H,4H2,(H,12,13). The van der Waals surface area contributed by atoms with Gasteiger partial charge >= 0.3 is 5.97 Å². The second-order valence-corrected chi connectivity index (χ2v) is 3.49. The van der Waals surface area contributed by atoms with E-state index in [1.165, 1.54) is 6.07 Å². The molecule has 0 aliphatic carbocycles. The van der Waals surface area contributed by atoms with Crippen LogP contribution in [0.3, 0.4) is 0 Å². The SMILES string of the molecule is O=C(O)Cc1ccc2cc(Cl)oc2c1O. The lowest BCUT2D eigenvalue weighted by Crippen LogP contribution is -1.99. The molecule has 1 aromatic heterocycles. The molecule has 0 saturated carbocycles. The molecule has 0 fully saturated rings. The van der Waals surface area contributed by atoms with Gasteiger partial charge in [-0.15, -0.1) is 0 Å². The number of furan rings is 1. The van der Waals surface area contributed by atoms with Crippen molar-refractivity contribution in [3.63, 3.8) is 0 Å². The van der Waals surface area contributed by atoms with E-state index >= 15 is 0 Å². The summed E-state index contributed by atoms with van der Waals surface area (Å²) < 4.78 is 5.04. The zero-order chi connectivity index (χ0) is 11.0. The highest BCUT2D eigenvalue weighted by Crippen LogP contribution is 2.33. The minimum Gasteiger partial charge on any atom is -0.504 e. The first-order valence-electron chi connectivity index (χ1n) is 4.19. The van der Waals surface area contributed by atoms with Crippen LogP contribution in [0.2, 0.25) is 5.22 Å². The third-order valence-electron chi connectivity index (χ3n) is 2.06. The molecule has 0 unspecified atom stereocenters. The van der Waals surface area contributed by atoms with E-state index in [2.05, 4.69) is 0 Å². The summed E-state index contributed by atoms with van der Waals surface area (Å²) in [6, 6.07) is 4.75.